The summed E-state index contributed by atoms with van der Waals surface area (Å²) in [6.07, 6.45) is 4.37. The SMILES string of the molecule is C[Si](C)(C)[C@H]1CCC[C@H]2[C@@H]1C2(Br)Br. The van der Waals surface area contributed by atoms with Gasteiger partial charge in [0.05, 0.1) is 3.23 Å². The van der Waals surface area contributed by atoms with Gasteiger partial charge in [0.1, 0.15) is 0 Å². The molecule has 2 aliphatic carbocycles. The average Bonchev–Trinajstić information content (AvgIpc) is 2.54. The molecule has 0 spiro atoms. The minimum absolute atomic E-state index is 0.335. The van der Waals surface area contributed by atoms with Gasteiger partial charge in [0.15, 0.2) is 0 Å². The summed E-state index contributed by atoms with van der Waals surface area (Å²) in [4.78, 5) is 0. The van der Waals surface area contributed by atoms with E-state index in [-0.39, 0.29) is 0 Å². The first-order chi connectivity index (χ1) is 5.85. The van der Waals surface area contributed by atoms with Crippen molar-refractivity contribution in [2.75, 3.05) is 0 Å². The predicted molar refractivity (Wildman–Crippen MR) is 68.5 cm³/mol. The number of fused-ring (bicyclic) bond motifs is 1. The molecule has 0 aromatic heterocycles. The molecule has 2 saturated carbocycles. The van der Waals surface area contributed by atoms with Crippen molar-refractivity contribution < 1.29 is 0 Å². The Hall–Kier alpha value is 1.18. The summed E-state index contributed by atoms with van der Waals surface area (Å²) in [6, 6.07) is 0. The molecule has 2 aliphatic rings. The predicted octanol–water partition coefficient (Wildman–Crippen LogP) is 4.61. The maximum Gasteiger partial charge on any atom is 0.0868 e. The molecule has 0 heterocycles. The molecule has 3 heteroatoms. The second kappa shape index (κ2) is 3.08. The molecule has 0 aliphatic heterocycles. The van der Waals surface area contributed by atoms with Crippen LogP contribution in [0.25, 0.3) is 0 Å². The summed E-state index contributed by atoms with van der Waals surface area (Å²) in [5.74, 6) is 1.87. The normalized spacial score (nSPS) is 42.7. The van der Waals surface area contributed by atoms with E-state index in [1.807, 2.05) is 0 Å². The lowest BCUT2D eigenvalue weighted by Gasteiger charge is -2.32. The van der Waals surface area contributed by atoms with Gasteiger partial charge < -0.3 is 0 Å². The van der Waals surface area contributed by atoms with E-state index in [1.165, 1.54) is 19.3 Å². The lowest BCUT2D eigenvalue weighted by Crippen LogP contribution is -2.32. The van der Waals surface area contributed by atoms with Gasteiger partial charge in [-0.15, -0.1) is 0 Å². The summed E-state index contributed by atoms with van der Waals surface area (Å²) in [5, 5.41) is 0. The van der Waals surface area contributed by atoms with Crippen LogP contribution in [0.15, 0.2) is 0 Å². The number of hydrogen-bond donors (Lipinski definition) is 0. The zero-order valence-corrected chi connectivity index (χ0v) is 12.8. The highest BCUT2D eigenvalue weighted by atomic mass is 79.9. The Morgan fingerprint density at radius 2 is 1.77 bits per heavy atom. The van der Waals surface area contributed by atoms with Crippen LogP contribution in [0.2, 0.25) is 25.2 Å². The van der Waals surface area contributed by atoms with Crippen molar-refractivity contribution in [1.29, 1.82) is 0 Å². The van der Waals surface area contributed by atoms with Gasteiger partial charge in [-0.3, -0.25) is 0 Å². The fraction of sp³-hybridized carbons (Fsp3) is 1.00. The highest BCUT2D eigenvalue weighted by Crippen LogP contribution is 2.72. The average molecular weight is 326 g/mol. The van der Waals surface area contributed by atoms with Gasteiger partial charge >= 0.3 is 0 Å². The molecule has 0 bridgehead atoms. The third-order valence-corrected chi connectivity index (χ3v) is 8.95. The minimum atomic E-state index is -0.927. The fourth-order valence-corrected chi connectivity index (χ4v) is 8.22. The maximum atomic E-state index is 3.85. The van der Waals surface area contributed by atoms with Crippen LogP contribution in [0.4, 0.5) is 0 Å². The molecular weight excluding hydrogens is 308 g/mol. The van der Waals surface area contributed by atoms with Gasteiger partial charge in [0, 0.05) is 8.07 Å². The Morgan fingerprint density at radius 1 is 1.15 bits per heavy atom. The van der Waals surface area contributed by atoms with E-state index < -0.39 is 8.07 Å². The molecule has 0 aromatic carbocycles. The van der Waals surface area contributed by atoms with Crippen molar-refractivity contribution in [2.24, 2.45) is 11.8 Å². The number of halogens is 2. The summed E-state index contributed by atoms with van der Waals surface area (Å²) in [5.41, 5.74) is 1.03. The molecule has 3 atom stereocenters. The molecule has 0 nitrogen and oxygen atoms in total. The van der Waals surface area contributed by atoms with Gasteiger partial charge in [-0.1, -0.05) is 64.3 Å². The molecular formula is C10H18Br2Si. The zero-order chi connectivity index (χ0) is 9.85. The molecule has 0 saturated heterocycles. The van der Waals surface area contributed by atoms with E-state index in [9.17, 15) is 0 Å². The first-order valence-electron chi connectivity index (χ1n) is 5.23. The maximum absolute atomic E-state index is 3.85. The molecule has 2 fully saturated rings. The van der Waals surface area contributed by atoms with Crippen LogP contribution >= 0.6 is 31.9 Å². The Morgan fingerprint density at radius 3 is 2.23 bits per heavy atom. The molecule has 0 N–H and O–H groups in total. The Bertz CT molecular complexity index is 216. The number of alkyl halides is 2. The monoisotopic (exact) mass is 324 g/mol. The highest BCUT2D eigenvalue weighted by Gasteiger charge is 2.66. The second-order valence-electron chi connectivity index (χ2n) is 5.71. The summed E-state index contributed by atoms with van der Waals surface area (Å²) in [6.45, 7) is 7.57. The quantitative estimate of drug-likeness (QED) is 0.488. The van der Waals surface area contributed by atoms with Gasteiger partial charge in [0.2, 0.25) is 0 Å². The van der Waals surface area contributed by atoms with E-state index in [2.05, 4.69) is 51.5 Å². The van der Waals surface area contributed by atoms with E-state index in [0.717, 1.165) is 17.4 Å². The van der Waals surface area contributed by atoms with Crippen molar-refractivity contribution >= 4 is 39.9 Å². The molecule has 0 aromatic rings. The molecule has 0 amide bonds. The van der Waals surface area contributed by atoms with Gasteiger partial charge in [-0.2, -0.15) is 0 Å². The van der Waals surface area contributed by atoms with Crippen LogP contribution in [0.1, 0.15) is 19.3 Å². The van der Waals surface area contributed by atoms with Crippen molar-refractivity contribution in [2.45, 2.75) is 47.7 Å². The van der Waals surface area contributed by atoms with Crippen molar-refractivity contribution in [3.63, 3.8) is 0 Å². The standard InChI is InChI=1S/C10H18Br2Si/c1-13(2,3)8-6-4-5-7-9(8)10(7,11)12/h7-9H,4-6H2,1-3H3/t7-,8-,9-/m0/s1. The zero-order valence-electron chi connectivity index (χ0n) is 8.61. The second-order valence-corrected chi connectivity index (χ2v) is 14.9. The molecule has 0 radical (unpaired) electrons. The smallest absolute Gasteiger partial charge is 0.0721 e. The highest BCUT2D eigenvalue weighted by molar-refractivity contribution is 9.25. The van der Waals surface area contributed by atoms with Crippen LogP contribution in [-0.2, 0) is 0 Å². The van der Waals surface area contributed by atoms with Crippen molar-refractivity contribution in [3.8, 4) is 0 Å². The number of rotatable bonds is 1. The summed E-state index contributed by atoms with van der Waals surface area (Å²) >= 11 is 7.70. The third kappa shape index (κ3) is 1.69. The molecule has 0 unspecified atom stereocenters. The van der Waals surface area contributed by atoms with E-state index >= 15 is 0 Å². The van der Waals surface area contributed by atoms with Gasteiger partial charge in [-0.05, 0) is 23.8 Å². The third-order valence-electron chi connectivity index (χ3n) is 3.84. The fourth-order valence-electron chi connectivity index (χ4n) is 3.05. The lowest BCUT2D eigenvalue weighted by atomic mass is 10.0. The van der Waals surface area contributed by atoms with E-state index in [1.54, 1.807) is 0 Å². The van der Waals surface area contributed by atoms with Crippen LogP contribution in [0, 0.1) is 11.8 Å². The number of hydrogen-bond acceptors (Lipinski definition) is 0. The first kappa shape index (κ1) is 10.7. The Labute approximate surface area is 99.1 Å². The molecule has 2 rings (SSSR count). The first-order valence-corrected chi connectivity index (χ1v) is 10.4. The molecule has 76 valence electrons. The van der Waals surface area contributed by atoms with Crippen LogP contribution in [0.3, 0.4) is 0 Å². The lowest BCUT2D eigenvalue weighted by molar-refractivity contribution is 0.469. The van der Waals surface area contributed by atoms with Gasteiger partial charge in [0.25, 0.3) is 0 Å². The largest absolute Gasteiger partial charge is 0.0868 e. The van der Waals surface area contributed by atoms with Crippen LogP contribution < -0.4 is 0 Å². The summed E-state index contributed by atoms with van der Waals surface area (Å²) in [7, 11) is -0.927. The van der Waals surface area contributed by atoms with Crippen molar-refractivity contribution in [1.82, 2.24) is 0 Å². The van der Waals surface area contributed by atoms with E-state index in [0.29, 0.717) is 3.23 Å². The molecule has 13 heavy (non-hydrogen) atoms. The summed E-state index contributed by atoms with van der Waals surface area (Å²) < 4.78 is 0.335. The minimum Gasteiger partial charge on any atom is -0.0721 e. The Balaban J connectivity index is 2.15. The van der Waals surface area contributed by atoms with Crippen LogP contribution in [-0.4, -0.2) is 11.3 Å². The Kier molecular flexibility index (Phi) is 2.53. The van der Waals surface area contributed by atoms with Crippen LogP contribution in [0.5, 0.6) is 0 Å². The van der Waals surface area contributed by atoms with Gasteiger partial charge in [-0.25, -0.2) is 0 Å². The topological polar surface area (TPSA) is 0 Å². The van der Waals surface area contributed by atoms with E-state index in [4.69, 9.17) is 0 Å². The van der Waals surface area contributed by atoms with Crippen molar-refractivity contribution in [3.05, 3.63) is 0 Å².